The normalized spacial score (nSPS) is 24.9. The summed E-state index contributed by atoms with van der Waals surface area (Å²) in [5, 5.41) is 3.17. The summed E-state index contributed by atoms with van der Waals surface area (Å²) in [6.07, 6.45) is 0.310. The molecule has 1 heterocycles. The molecule has 106 valence electrons. The van der Waals surface area contributed by atoms with Gasteiger partial charge in [-0.05, 0) is 33.6 Å². The highest BCUT2D eigenvalue weighted by atomic mass is 32.2. The van der Waals surface area contributed by atoms with Crippen molar-refractivity contribution in [3.05, 3.63) is 0 Å². The molecule has 2 unspecified atom stereocenters. The van der Waals surface area contributed by atoms with E-state index in [0.29, 0.717) is 12.6 Å². The molecule has 7 nitrogen and oxygen atoms in total. The maximum atomic E-state index is 11.6. The molecule has 1 amide bonds. The van der Waals surface area contributed by atoms with Crippen molar-refractivity contribution in [3.8, 4) is 0 Å². The standard InChI is InChI=1S/C10H21N3O4S/c1-7(2)17-10(14)13-18(15,16)12-9-5-4-8(3)11-6-9/h7-9,11-12H,4-6H2,1-3H3,(H,13,14). The maximum Gasteiger partial charge on any atom is 0.422 e. The molecule has 3 N–H and O–H groups in total. The first kappa shape index (κ1) is 15.2. The molecule has 0 saturated carbocycles. The van der Waals surface area contributed by atoms with Crippen molar-refractivity contribution in [2.45, 2.75) is 51.8 Å². The van der Waals surface area contributed by atoms with E-state index in [1.807, 2.05) is 11.6 Å². The molecule has 0 bridgehead atoms. The second-order valence-corrected chi connectivity index (χ2v) is 6.21. The van der Waals surface area contributed by atoms with E-state index in [1.54, 1.807) is 13.8 Å². The van der Waals surface area contributed by atoms with Gasteiger partial charge < -0.3 is 10.1 Å². The van der Waals surface area contributed by atoms with Gasteiger partial charge in [0, 0.05) is 18.6 Å². The summed E-state index contributed by atoms with van der Waals surface area (Å²) < 4.78 is 32.2. The van der Waals surface area contributed by atoms with E-state index in [9.17, 15) is 13.2 Å². The van der Waals surface area contributed by atoms with Gasteiger partial charge in [-0.2, -0.15) is 13.1 Å². The number of carbonyl (C=O) groups is 1. The zero-order valence-electron chi connectivity index (χ0n) is 10.9. The number of hydrogen-bond donors (Lipinski definition) is 3. The topological polar surface area (TPSA) is 96.5 Å². The molecule has 1 aliphatic rings. The zero-order valence-corrected chi connectivity index (χ0v) is 11.7. The van der Waals surface area contributed by atoms with E-state index in [4.69, 9.17) is 4.74 Å². The summed E-state index contributed by atoms with van der Waals surface area (Å²) in [6.45, 7) is 5.89. The summed E-state index contributed by atoms with van der Waals surface area (Å²) >= 11 is 0. The summed E-state index contributed by atoms with van der Waals surface area (Å²) in [5.41, 5.74) is 0. The second kappa shape index (κ2) is 6.35. The van der Waals surface area contributed by atoms with E-state index in [0.717, 1.165) is 12.8 Å². The van der Waals surface area contributed by atoms with Gasteiger partial charge >= 0.3 is 16.3 Å². The molecule has 8 heteroatoms. The van der Waals surface area contributed by atoms with E-state index in [-0.39, 0.29) is 12.1 Å². The number of amides is 1. The fourth-order valence-corrected chi connectivity index (χ4v) is 2.66. The second-order valence-electron chi connectivity index (χ2n) is 4.76. The van der Waals surface area contributed by atoms with Gasteiger partial charge in [0.05, 0.1) is 6.10 Å². The van der Waals surface area contributed by atoms with E-state index in [1.165, 1.54) is 0 Å². The first-order chi connectivity index (χ1) is 8.28. The minimum Gasteiger partial charge on any atom is -0.446 e. The average Bonchev–Trinajstić information content (AvgIpc) is 2.18. The lowest BCUT2D eigenvalue weighted by Crippen LogP contribution is -2.52. The van der Waals surface area contributed by atoms with Crippen LogP contribution in [0.3, 0.4) is 0 Å². The van der Waals surface area contributed by atoms with Crippen LogP contribution in [0.1, 0.15) is 33.6 Å². The van der Waals surface area contributed by atoms with Crippen LogP contribution < -0.4 is 14.8 Å². The summed E-state index contributed by atoms with van der Waals surface area (Å²) in [6, 6.07) is 0.190. The van der Waals surface area contributed by atoms with Crippen molar-refractivity contribution in [2.75, 3.05) is 6.54 Å². The highest BCUT2D eigenvalue weighted by Gasteiger charge is 2.24. The van der Waals surface area contributed by atoms with Crippen molar-refractivity contribution in [2.24, 2.45) is 0 Å². The van der Waals surface area contributed by atoms with Crippen molar-refractivity contribution >= 4 is 16.3 Å². The molecule has 2 atom stereocenters. The van der Waals surface area contributed by atoms with Crippen LogP contribution in [-0.2, 0) is 14.9 Å². The molecule has 0 aliphatic carbocycles. The minimum absolute atomic E-state index is 0.203. The van der Waals surface area contributed by atoms with E-state index >= 15 is 0 Å². The van der Waals surface area contributed by atoms with Crippen LogP contribution in [0.25, 0.3) is 0 Å². The first-order valence-electron chi connectivity index (χ1n) is 6.02. The number of nitrogens with one attached hydrogen (secondary N) is 3. The van der Waals surface area contributed by atoms with Gasteiger partial charge in [0.15, 0.2) is 0 Å². The molecule has 0 aromatic rings. The Balaban J connectivity index is 2.42. The molecule has 1 saturated heterocycles. The van der Waals surface area contributed by atoms with Gasteiger partial charge in [0.2, 0.25) is 0 Å². The quantitative estimate of drug-likeness (QED) is 0.678. The number of carbonyl (C=O) groups excluding carboxylic acids is 1. The number of ether oxygens (including phenoxy) is 1. The van der Waals surface area contributed by atoms with Gasteiger partial charge in [0.1, 0.15) is 0 Å². The Morgan fingerprint density at radius 2 is 2.06 bits per heavy atom. The monoisotopic (exact) mass is 279 g/mol. The van der Waals surface area contributed by atoms with Gasteiger partial charge in [-0.15, -0.1) is 0 Å². The predicted molar refractivity (Wildman–Crippen MR) is 67.3 cm³/mol. The lowest BCUT2D eigenvalue weighted by atomic mass is 10.0. The molecule has 1 fully saturated rings. The highest BCUT2D eigenvalue weighted by molar-refractivity contribution is 7.88. The fourth-order valence-electron chi connectivity index (χ4n) is 1.70. The van der Waals surface area contributed by atoms with Crippen LogP contribution in [0.15, 0.2) is 0 Å². The first-order valence-corrected chi connectivity index (χ1v) is 7.51. The zero-order chi connectivity index (χ0) is 13.8. The number of hydrogen-bond acceptors (Lipinski definition) is 5. The molecular weight excluding hydrogens is 258 g/mol. The number of rotatable bonds is 4. The van der Waals surface area contributed by atoms with Crippen molar-refractivity contribution in [1.29, 1.82) is 0 Å². The third-order valence-corrected chi connectivity index (χ3v) is 3.62. The number of piperidine rings is 1. The van der Waals surface area contributed by atoms with Gasteiger partial charge in [-0.1, -0.05) is 0 Å². The van der Waals surface area contributed by atoms with Crippen LogP contribution in [0.5, 0.6) is 0 Å². The SMILES string of the molecule is CC1CCC(NS(=O)(=O)NC(=O)OC(C)C)CN1. The summed E-state index contributed by atoms with van der Waals surface area (Å²) in [7, 11) is -3.86. The summed E-state index contributed by atoms with van der Waals surface area (Å²) in [4.78, 5) is 11.2. The predicted octanol–water partition coefficient (Wildman–Crippen LogP) is 0.0959. The van der Waals surface area contributed by atoms with Crippen molar-refractivity contribution in [1.82, 2.24) is 14.8 Å². The lowest BCUT2D eigenvalue weighted by Gasteiger charge is -2.27. The largest absolute Gasteiger partial charge is 0.446 e. The van der Waals surface area contributed by atoms with E-state index in [2.05, 4.69) is 10.0 Å². The van der Waals surface area contributed by atoms with Crippen molar-refractivity contribution < 1.29 is 17.9 Å². The molecule has 0 aromatic carbocycles. The van der Waals surface area contributed by atoms with Gasteiger partial charge in [-0.25, -0.2) is 9.52 Å². The Morgan fingerprint density at radius 3 is 2.56 bits per heavy atom. The highest BCUT2D eigenvalue weighted by Crippen LogP contribution is 2.07. The van der Waals surface area contributed by atoms with Crippen LogP contribution >= 0.6 is 0 Å². The minimum atomic E-state index is -3.86. The maximum absolute atomic E-state index is 11.6. The molecule has 18 heavy (non-hydrogen) atoms. The molecule has 0 spiro atoms. The molecule has 0 radical (unpaired) electrons. The Morgan fingerprint density at radius 1 is 1.39 bits per heavy atom. The summed E-state index contributed by atoms with van der Waals surface area (Å²) in [5.74, 6) is 0. The fraction of sp³-hybridized carbons (Fsp3) is 0.900. The molecule has 1 aliphatic heterocycles. The van der Waals surface area contributed by atoms with Crippen LogP contribution in [0, 0.1) is 0 Å². The third-order valence-electron chi connectivity index (χ3n) is 2.54. The Hall–Kier alpha value is -0.860. The van der Waals surface area contributed by atoms with Crippen LogP contribution in [-0.4, -0.2) is 39.2 Å². The van der Waals surface area contributed by atoms with E-state index < -0.39 is 16.3 Å². The van der Waals surface area contributed by atoms with Crippen LogP contribution in [0.4, 0.5) is 4.79 Å². The molecular formula is C10H21N3O4S. The average molecular weight is 279 g/mol. The Bertz CT molecular complexity index is 375. The van der Waals surface area contributed by atoms with Crippen LogP contribution in [0.2, 0.25) is 0 Å². The smallest absolute Gasteiger partial charge is 0.422 e. The lowest BCUT2D eigenvalue weighted by molar-refractivity contribution is 0.121. The van der Waals surface area contributed by atoms with Gasteiger partial charge in [0.25, 0.3) is 0 Å². The van der Waals surface area contributed by atoms with Crippen molar-refractivity contribution in [3.63, 3.8) is 0 Å². The third kappa shape index (κ3) is 5.65. The Labute approximate surface area is 108 Å². The van der Waals surface area contributed by atoms with Gasteiger partial charge in [-0.3, -0.25) is 0 Å². The molecule has 1 rings (SSSR count). The molecule has 0 aromatic heterocycles. The Kier molecular flexibility index (Phi) is 5.36.